The fourth-order valence-corrected chi connectivity index (χ4v) is 1.12. The summed E-state index contributed by atoms with van der Waals surface area (Å²) in [4.78, 5) is 19.4. The molecule has 0 fully saturated rings. The van der Waals surface area contributed by atoms with E-state index in [1.807, 2.05) is 0 Å². The third-order valence-corrected chi connectivity index (χ3v) is 1.92. The average Bonchev–Trinajstić information content (AvgIpc) is 2.18. The minimum atomic E-state index is 0.0244. The number of hydrogen-bond donors (Lipinski definition) is 1. The van der Waals surface area contributed by atoms with Gasteiger partial charge in [-0.1, -0.05) is 17.5 Å². The van der Waals surface area contributed by atoms with Gasteiger partial charge in [0.15, 0.2) is 7.11 Å². The Morgan fingerprint density at radius 2 is 2.43 bits per heavy atom. The predicted octanol–water partition coefficient (Wildman–Crippen LogP) is 1.27. The SMILES string of the molecule is C#Cc1c(N)ncc([N+](=O)OC)c1Cl. The van der Waals surface area contributed by atoms with Crippen LogP contribution in [-0.2, 0) is 4.84 Å². The molecule has 0 aliphatic carbocycles. The number of anilines is 1. The largest absolute Gasteiger partial charge is 0.383 e. The molecule has 1 aromatic rings. The Hall–Kier alpha value is -1.80. The first-order valence-corrected chi connectivity index (χ1v) is 3.91. The minimum Gasteiger partial charge on any atom is -0.383 e. The van der Waals surface area contributed by atoms with Crippen molar-refractivity contribution in [3.05, 3.63) is 21.7 Å². The molecule has 1 rings (SSSR count). The molecule has 0 aliphatic rings. The van der Waals surface area contributed by atoms with Crippen LogP contribution < -0.4 is 5.73 Å². The smallest absolute Gasteiger partial charge is 0.354 e. The van der Waals surface area contributed by atoms with Gasteiger partial charge < -0.3 is 5.73 Å². The summed E-state index contributed by atoms with van der Waals surface area (Å²) in [7, 11) is 1.20. The number of hydrogen-bond acceptors (Lipinski definition) is 4. The zero-order valence-corrected chi connectivity index (χ0v) is 8.08. The zero-order chi connectivity index (χ0) is 10.7. The molecule has 0 aromatic carbocycles. The Labute approximate surface area is 85.4 Å². The van der Waals surface area contributed by atoms with Crippen molar-refractivity contribution in [1.29, 1.82) is 0 Å². The Bertz CT molecular complexity index is 425. The molecule has 0 atom stereocenters. The van der Waals surface area contributed by atoms with E-state index in [2.05, 4.69) is 15.7 Å². The number of pyridine rings is 1. The summed E-state index contributed by atoms with van der Waals surface area (Å²) in [5.74, 6) is 2.34. The van der Waals surface area contributed by atoms with Crippen LogP contribution in [0.25, 0.3) is 0 Å². The number of terminal acetylenes is 1. The molecule has 0 saturated heterocycles. The molecule has 0 spiro atoms. The number of nitrogens with two attached hydrogens (primary N) is 1. The van der Waals surface area contributed by atoms with Crippen molar-refractivity contribution in [3.8, 4) is 12.3 Å². The summed E-state index contributed by atoms with van der Waals surface area (Å²) >= 11 is 5.80. The highest BCUT2D eigenvalue weighted by Crippen LogP contribution is 2.29. The highest BCUT2D eigenvalue weighted by atomic mass is 35.5. The van der Waals surface area contributed by atoms with Gasteiger partial charge in [-0.2, -0.15) is 0 Å². The average molecular weight is 213 g/mol. The molecule has 6 heteroatoms. The second-order valence-electron chi connectivity index (χ2n) is 2.30. The van der Waals surface area contributed by atoms with Gasteiger partial charge in [0, 0.05) is 0 Å². The summed E-state index contributed by atoms with van der Waals surface area (Å²) < 4.78 is 0. The number of rotatable bonds is 2. The van der Waals surface area contributed by atoms with Gasteiger partial charge in [0.1, 0.15) is 17.0 Å². The minimum absolute atomic E-state index is 0.0244. The van der Waals surface area contributed by atoms with Crippen LogP contribution in [-0.4, -0.2) is 17.0 Å². The van der Waals surface area contributed by atoms with Crippen LogP contribution in [0, 0.1) is 17.3 Å². The Balaban J connectivity index is 3.37. The van der Waals surface area contributed by atoms with Crippen LogP contribution in [0.2, 0.25) is 5.02 Å². The molecule has 0 radical (unpaired) electrons. The number of aromatic nitrogens is 1. The summed E-state index contributed by atoms with van der Waals surface area (Å²) in [5.41, 5.74) is 5.65. The molecule has 0 aliphatic heterocycles. The molecular formula is C8H7ClN3O2+. The third kappa shape index (κ3) is 1.60. The van der Waals surface area contributed by atoms with Gasteiger partial charge in [0.05, 0.1) is 10.5 Å². The lowest BCUT2D eigenvalue weighted by Crippen LogP contribution is -2.03. The second-order valence-corrected chi connectivity index (χ2v) is 2.68. The molecule has 0 saturated carbocycles. The van der Waals surface area contributed by atoms with Gasteiger partial charge in [-0.05, 0) is 0 Å². The summed E-state index contributed by atoms with van der Waals surface area (Å²) in [6, 6.07) is 0. The van der Waals surface area contributed by atoms with Crippen LogP contribution in [0.5, 0.6) is 0 Å². The van der Waals surface area contributed by atoms with Crippen molar-refractivity contribution in [2.24, 2.45) is 0 Å². The van der Waals surface area contributed by atoms with Crippen LogP contribution >= 0.6 is 11.6 Å². The van der Waals surface area contributed by atoms with E-state index >= 15 is 0 Å². The molecule has 5 nitrogen and oxygen atoms in total. The fraction of sp³-hybridized carbons (Fsp3) is 0.125. The maximum Gasteiger partial charge on any atom is 0.354 e. The highest BCUT2D eigenvalue weighted by molar-refractivity contribution is 6.34. The summed E-state index contributed by atoms with van der Waals surface area (Å²) in [5, 5.41) is 0.0526. The van der Waals surface area contributed by atoms with Crippen molar-refractivity contribution in [2.45, 2.75) is 0 Å². The lowest BCUT2D eigenvalue weighted by atomic mass is 10.2. The molecule has 1 heterocycles. The van der Waals surface area contributed by atoms with Gasteiger partial charge in [-0.15, -0.1) is 6.42 Å². The van der Waals surface area contributed by atoms with E-state index in [1.54, 1.807) is 0 Å². The van der Waals surface area contributed by atoms with Crippen LogP contribution in [0.1, 0.15) is 5.56 Å². The molecule has 14 heavy (non-hydrogen) atoms. The molecule has 2 N–H and O–H groups in total. The number of nitrogen functional groups attached to an aromatic ring is 1. The number of halogens is 1. The lowest BCUT2D eigenvalue weighted by molar-refractivity contribution is -0.736. The normalized spacial score (nSPS) is 9.21. The zero-order valence-electron chi connectivity index (χ0n) is 7.32. The topological polar surface area (TPSA) is 68.2 Å². The van der Waals surface area contributed by atoms with Crippen molar-refractivity contribution in [1.82, 2.24) is 4.98 Å². The number of nitrogens with zero attached hydrogens (tertiary/aromatic N) is 2. The third-order valence-electron chi connectivity index (χ3n) is 1.53. The quantitative estimate of drug-likeness (QED) is 0.592. The predicted molar refractivity (Wildman–Crippen MR) is 51.9 cm³/mol. The maximum absolute atomic E-state index is 11.1. The molecule has 0 unspecified atom stereocenters. The molecule has 72 valence electrons. The van der Waals surface area contributed by atoms with Crippen LogP contribution in [0.4, 0.5) is 11.5 Å². The van der Waals surface area contributed by atoms with Gasteiger partial charge in [-0.3, -0.25) is 0 Å². The molecule has 0 amide bonds. The fourth-order valence-electron chi connectivity index (χ4n) is 0.855. The maximum atomic E-state index is 11.1. The van der Waals surface area contributed by atoms with Gasteiger partial charge in [0.2, 0.25) is 0 Å². The first kappa shape index (κ1) is 10.3. The molecule has 1 aromatic heterocycles. The van der Waals surface area contributed by atoms with Crippen molar-refractivity contribution >= 4 is 23.1 Å². The molecule has 0 bridgehead atoms. The van der Waals surface area contributed by atoms with E-state index in [1.165, 1.54) is 13.3 Å². The van der Waals surface area contributed by atoms with E-state index < -0.39 is 0 Å². The Morgan fingerprint density at radius 3 is 2.93 bits per heavy atom. The Kier molecular flexibility index (Phi) is 2.89. The standard InChI is InChI=1S/C8H7ClN3O2/c1-3-5-7(9)6(12(13)14-2)4-11-8(5)10/h1,4H,2H3,(H2,10,11)/q+1. The second kappa shape index (κ2) is 3.94. The summed E-state index contributed by atoms with van der Waals surface area (Å²) in [6.07, 6.45) is 6.34. The Morgan fingerprint density at radius 1 is 1.79 bits per heavy atom. The van der Waals surface area contributed by atoms with Crippen molar-refractivity contribution < 1.29 is 9.76 Å². The van der Waals surface area contributed by atoms with Crippen molar-refractivity contribution in [2.75, 3.05) is 12.8 Å². The highest BCUT2D eigenvalue weighted by Gasteiger charge is 2.24. The van der Waals surface area contributed by atoms with E-state index in [0.717, 1.165) is 0 Å². The van der Waals surface area contributed by atoms with Crippen LogP contribution in [0.3, 0.4) is 0 Å². The van der Waals surface area contributed by atoms with Gasteiger partial charge in [0.25, 0.3) is 4.92 Å². The van der Waals surface area contributed by atoms with Gasteiger partial charge >= 0.3 is 5.69 Å². The van der Waals surface area contributed by atoms with E-state index in [9.17, 15) is 4.91 Å². The first-order valence-electron chi connectivity index (χ1n) is 3.53. The first-order chi connectivity index (χ1) is 6.61. The van der Waals surface area contributed by atoms with E-state index in [0.29, 0.717) is 0 Å². The molecular weight excluding hydrogens is 206 g/mol. The van der Waals surface area contributed by atoms with Crippen LogP contribution in [0.15, 0.2) is 6.20 Å². The van der Waals surface area contributed by atoms with E-state index in [-0.39, 0.29) is 27.0 Å². The van der Waals surface area contributed by atoms with Gasteiger partial charge in [-0.25, -0.2) is 9.82 Å². The lowest BCUT2D eigenvalue weighted by Gasteiger charge is -1.98. The summed E-state index contributed by atoms with van der Waals surface area (Å²) in [6.45, 7) is 0. The van der Waals surface area contributed by atoms with Crippen molar-refractivity contribution in [3.63, 3.8) is 0 Å². The monoisotopic (exact) mass is 212 g/mol. The van der Waals surface area contributed by atoms with E-state index in [4.69, 9.17) is 23.8 Å².